The van der Waals surface area contributed by atoms with Gasteiger partial charge in [0.15, 0.2) is 0 Å². The predicted octanol–water partition coefficient (Wildman–Crippen LogP) is 2.92. The van der Waals surface area contributed by atoms with Crippen molar-refractivity contribution in [2.24, 2.45) is 23.7 Å². The molecule has 14 heavy (non-hydrogen) atoms. The van der Waals surface area contributed by atoms with Crippen molar-refractivity contribution in [1.29, 1.82) is 0 Å². The SMILES string of the molecule is CC1CCC2CCC(C(=O)O)CC2C1. The molecular formula is C12H20O2. The maximum Gasteiger partial charge on any atom is 0.306 e. The summed E-state index contributed by atoms with van der Waals surface area (Å²) in [7, 11) is 0. The van der Waals surface area contributed by atoms with Crippen LogP contribution in [0.3, 0.4) is 0 Å². The van der Waals surface area contributed by atoms with E-state index in [4.69, 9.17) is 5.11 Å². The van der Waals surface area contributed by atoms with E-state index in [-0.39, 0.29) is 5.92 Å². The highest BCUT2D eigenvalue weighted by Crippen LogP contribution is 2.44. The third-order valence-corrected chi connectivity index (χ3v) is 4.22. The number of fused-ring (bicyclic) bond motifs is 1. The Kier molecular flexibility index (Phi) is 2.80. The van der Waals surface area contributed by atoms with Gasteiger partial charge in [-0.2, -0.15) is 0 Å². The number of aliphatic carboxylic acids is 1. The van der Waals surface area contributed by atoms with Crippen LogP contribution in [0.1, 0.15) is 45.4 Å². The first-order valence-electron chi connectivity index (χ1n) is 5.89. The zero-order valence-electron chi connectivity index (χ0n) is 8.91. The average Bonchev–Trinajstić information content (AvgIpc) is 2.16. The van der Waals surface area contributed by atoms with Crippen LogP contribution in [-0.2, 0) is 4.79 Å². The van der Waals surface area contributed by atoms with Crippen LogP contribution in [0.4, 0.5) is 0 Å². The standard InChI is InChI=1S/C12H20O2/c1-8-2-3-9-4-5-10(12(13)14)7-11(9)6-8/h8-11H,2-7H2,1H3,(H,13,14). The molecule has 4 unspecified atom stereocenters. The highest BCUT2D eigenvalue weighted by molar-refractivity contribution is 5.70. The van der Waals surface area contributed by atoms with Crippen molar-refractivity contribution in [3.05, 3.63) is 0 Å². The van der Waals surface area contributed by atoms with Crippen molar-refractivity contribution in [2.75, 3.05) is 0 Å². The summed E-state index contributed by atoms with van der Waals surface area (Å²) >= 11 is 0. The van der Waals surface area contributed by atoms with Gasteiger partial charge in [-0.05, 0) is 49.9 Å². The van der Waals surface area contributed by atoms with Crippen LogP contribution in [0, 0.1) is 23.7 Å². The summed E-state index contributed by atoms with van der Waals surface area (Å²) in [4.78, 5) is 10.9. The van der Waals surface area contributed by atoms with Gasteiger partial charge in [-0.3, -0.25) is 4.79 Å². The lowest BCUT2D eigenvalue weighted by molar-refractivity contribution is -0.144. The molecule has 80 valence electrons. The summed E-state index contributed by atoms with van der Waals surface area (Å²) in [5, 5.41) is 8.99. The molecule has 0 aromatic heterocycles. The van der Waals surface area contributed by atoms with E-state index in [0.717, 1.165) is 31.1 Å². The topological polar surface area (TPSA) is 37.3 Å². The van der Waals surface area contributed by atoms with Crippen LogP contribution in [0.2, 0.25) is 0 Å². The third-order valence-electron chi connectivity index (χ3n) is 4.22. The Morgan fingerprint density at radius 3 is 2.50 bits per heavy atom. The van der Waals surface area contributed by atoms with Crippen LogP contribution < -0.4 is 0 Å². The van der Waals surface area contributed by atoms with Gasteiger partial charge in [0.25, 0.3) is 0 Å². The summed E-state index contributed by atoms with van der Waals surface area (Å²) in [6.45, 7) is 2.31. The van der Waals surface area contributed by atoms with Gasteiger partial charge in [-0.1, -0.05) is 13.3 Å². The number of carboxylic acid groups (broad SMARTS) is 1. The third kappa shape index (κ3) is 1.94. The number of carboxylic acids is 1. The van der Waals surface area contributed by atoms with E-state index in [1.165, 1.54) is 19.3 Å². The number of rotatable bonds is 1. The molecule has 4 atom stereocenters. The minimum Gasteiger partial charge on any atom is -0.481 e. The van der Waals surface area contributed by atoms with Gasteiger partial charge < -0.3 is 5.11 Å². The molecule has 2 nitrogen and oxygen atoms in total. The number of carbonyl (C=O) groups is 1. The van der Waals surface area contributed by atoms with Crippen molar-refractivity contribution in [2.45, 2.75) is 45.4 Å². The van der Waals surface area contributed by atoms with E-state index >= 15 is 0 Å². The zero-order valence-corrected chi connectivity index (χ0v) is 8.91. The first kappa shape index (κ1) is 10.0. The summed E-state index contributed by atoms with van der Waals surface area (Å²) < 4.78 is 0. The summed E-state index contributed by atoms with van der Waals surface area (Å²) in [6.07, 6.45) is 7.01. The normalized spacial score (nSPS) is 42.9. The molecule has 0 aromatic carbocycles. The van der Waals surface area contributed by atoms with Crippen LogP contribution in [0.25, 0.3) is 0 Å². The second-order valence-electron chi connectivity index (χ2n) is 5.29. The average molecular weight is 196 g/mol. The Bertz CT molecular complexity index is 224. The second kappa shape index (κ2) is 3.92. The molecule has 0 radical (unpaired) electrons. The second-order valence-corrected chi connectivity index (χ2v) is 5.29. The van der Waals surface area contributed by atoms with E-state index in [2.05, 4.69) is 6.92 Å². The molecule has 2 aliphatic carbocycles. The van der Waals surface area contributed by atoms with Crippen molar-refractivity contribution in [3.63, 3.8) is 0 Å². The molecule has 2 saturated carbocycles. The van der Waals surface area contributed by atoms with Gasteiger partial charge in [0.05, 0.1) is 5.92 Å². The number of hydrogen-bond donors (Lipinski definition) is 1. The quantitative estimate of drug-likeness (QED) is 0.700. The largest absolute Gasteiger partial charge is 0.481 e. The maximum atomic E-state index is 10.9. The smallest absolute Gasteiger partial charge is 0.306 e. The van der Waals surface area contributed by atoms with Crippen molar-refractivity contribution < 1.29 is 9.90 Å². The fraction of sp³-hybridized carbons (Fsp3) is 0.917. The Morgan fingerprint density at radius 2 is 1.79 bits per heavy atom. The molecular weight excluding hydrogens is 176 g/mol. The molecule has 2 heteroatoms. The van der Waals surface area contributed by atoms with E-state index in [9.17, 15) is 4.79 Å². The van der Waals surface area contributed by atoms with E-state index < -0.39 is 5.97 Å². The molecule has 0 saturated heterocycles. The Balaban J connectivity index is 1.96. The lowest BCUT2D eigenvalue weighted by Crippen LogP contribution is -2.33. The lowest BCUT2D eigenvalue weighted by atomic mass is 9.65. The molecule has 2 fully saturated rings. The monoisotopic (exact) mass is 196 g/mol. The van der Waals surface area contributed by atoms with Gasteiger partial charge in [-0.15, -0.1) is 0 Å². The predicted molar refractivity (Wildman–Crippen MR) is 55.0 cm³/mol. The van der Waals surface area contributed by atoms with Crippen LogP contribution in [0.5, 0.6) is 0 Å². The van der Waals surface area contributed by atoms with Crippen molar-refractivity contribution >= 4 is 5.97 Å². The molecule has 0 amide bonds. The molecule has 0 aromatic rings. The van der Waals surface area contributed by atoms with Gasteiger partial charge in [-0.25, -0.2) is 0 Å². The Labute approximate surface area is 85.7 Å². The van der Waals surface area contributed by atoms with Crippen LogP contribution in [0.15, 0.2) is 0 Å². The first-order valence-corrected chi connectivity index (χ1v) is 5.89. The van der Waals surface area contributed by atoms with E-state index in [1.54, 1.807) is 0 Å². The van der Waals surface area contributed by atoms with Crippen LogP contribution in [-0.4, -0.2) is 11.1 Å². The minimum atomic E-state index is -0.568. The molecule has 1 N–H and O–H groups in total. The van der Waals surface area contributed by atoms with Crippen LogP contribution >= 0.6 is 0 Å². The van der Waals surface area contributed by atoms with Gasteiger partial charge in [0, 0.05) is 0 Å². The molecule has 0 spiro atoms. The van der Waals surface area contributed by atoms with E-state index in [1.807, 2.05) is 0 Å². The maximum absolute atomic E-state index is 10.9. The first-order chi connectivity index (χ1) is 6.66. The Morgan fingerprint density at radius 1 is 1.07 bits per heavy atom. The van der Waals surface area contributed by atoms with Crippen molar-refractivity contribution in [3.8, 4) is 0 Å². The fourth-order valence-electron chi connectivity index (χ4n) is 3.35. The van der Waals surface area contributed by atoms with Gasteiger partial charge in [0.1, 0.15) is 0 Å². The molecule has 2 aliphatic rings. The minimum absolute atomic E-state index is 0.0402. The van der Waals surface area contributed by atoms with E-state index in [0.29, 0.717) is 5.92 Å². The summed E-state index contributed by atoms with van der Waals surface area (Å²) in [5.74, 6) is 1.78. The number of hydrogen-bond acceptors (Lipinski definition) is 1. The molecule has 2 rings (SSSR count). The summed E-state index contributed by atoms with van der Waals surface area (Å²) in [6, 6.07) is 0. The molecule has 0 bridgehead atoms. The highest BCUT2D eigenvalue weighted by atomic mass is 16.4. The van der Waals surface area contributed by atoms with Gasteiger partial charge in [0.2, 0.25) is 0 Å². The lowest BCUT2D eigenvalue weighted by Gasteiger charge is -2.40. The zero-order chi connectivity index (χ0) is 10.1. The fourth-order valence-corrected chi connectivity index (χ4v) is 3.35. The molecule has 0 heterocycles. The van der Waals surface area contributed by atoms with Crippen molar-refractivity contribution in [1.82, 2.24) is 0 Å². The molecule has 0 aliphatic heterocycles. The highest BCUT2D eigenvalue weighted by Gasteiger charge is 2.36. The van der Waals surface area contributed by atoms with Gasteiger partial charge >= 0.3 is 5.97 Å². The Hall–Kier alpha value is -0.530. The summed E-state index contributed by atoms with van der Waals surface area (Å²) in [5.41, 5.74) is 0.